The van der Waals surface area contributed by atoms with Crippen LogP contribution in [0.5, 0.6) is 11.5 Å². The number of methoxy groups -OCH3 is 2. The van der Waals surface area contributed by atoms with E-state index in [1.807, 2.05) is 6.07 Å². The fraction of sp³-hybridized carbons (Fsp3) is 0.211. The Morgan fingerprint density at radius 1 is 1.18 bits per heavy atom. The van der Waals surface area contributed by atoms with Crippen molar-refractivity contribution in [1.29, 1.82) is 0 Å². The molecule has 0 atom stereocenters. The summed E-state index contributed by atoms with van der Waals surface area (Å²) >= 11 is 6.11. The second-order valence-electron chi connectivity index (χ2n) is 6.38. The highest BCUT2D eigenvalue weighted by Gasteiger charge is 2.30. The van der Waals surface area contributed by atoms with Crippen LogP contribution in [-0.2, 0) is 16.4 Å². The summed E-state index contributed by atoms with van der Waals surface area (Å²) < 4.78 is 41.1. The van der Waals surface area contributed by atoms with Gasteiger partial charge in [0.1, 0.15) is 5.82 Å². The molecule has 0 saturated heterocycles. The molecule has 0 aliphatic carbocycles. The SMILES string of the molecule is COc1cc2c(cc1OC)-n1c(S(=O)(=O)Nc3cccc(Cl)c3C)cnc1C2. The number of ether oxygens (including phenoxy) is 2. The number of fused-ring (bicyclic) bond motifs is 3. The molecule has 1 aliphatic rings. The Morgan fingerprint density at radius 3 is 2.61 bits per heavy atom. The topological polar surface area (TPSA) is 82.5 Å². The zero-order valence-electron chi connectivity index (χ0n) is 15.5. The summed E-state index contributed by atoms with van der Waals surface area (Å²) in [5, 5.41) is 0.536. The molecule has 0 saturated carbocycles. The maximum atomic E-state index is 13.1. The third-order valence-corrected chi connectivity index (χ3v) is 6.50. The molecule has 1 aromatic heterocycles. The van der Waals surface area contributed by atoms with Crippen molar-refractivity contribution in [2.75, 3.05) is 18.9 Å². The van der Waals surface area contributed by atoms with Crippen molar-refractivity contribution in [3.63, 3.8) is 0 Å². The maximum absolute atomic E-state index is 13.1. The third kappa shape index (κ3) is 2.89. The average molecular weight is 420 g/mol. The number of nitrogens with one attached hydrogen (secondary N) is 1. The molecular formula is C19H18ClN3O4S. The fourth-order valence-electron chi connectivity index (χ4n) is 3.29. The van der Waals surface area contributed by atoms with E-state index in [1.165, 1.54) is 13.3 Å². The van der Waals surface area contributed by atoms with E-state index >= 15 is 0 Å². The summed E-state index contributed by atoms with van der Waals surface area (Å²) in [6, 6.07) is 8.67. The first-order valence-corrected chi connectivity index (χ1v) is 10.3. The maximum Gasteiger partial charge on any atom is 0.279 e. The van der Waals surface area contributed by atoms with Crippen molar-refractivity contribution in [2.45, 2.75) is 18.4 Å². The normalized spacial score (nSPS) is 12.4. The molecule has 0 bridgehead atoms. The first-order valence-electron chi connectivity index (χ1n) is 8.45. The highest BCUT2D eigenvalue weighted by Crippen LogP contribution is 2.39. The van der Waals surface area contributed by atoms with E-state index in [2.05, 4.69) is 9.71 Å². The van der Waals surface area contributed by atoms with E-state index < -0.39 is 10.0 Å². The highest BCUT2D eigenvalue weighted by molar-refractivity contribution is 7.92. The molecule has 2 heterocycles. The van der Waals surface area contributed by atoms with Crippen molar-refractivity contribution in [3.05, 3.63) is 58.5 Å². The number of anilines is 1. The Balaban J connectivity index is 1.80. The van der Waals surface area contributed by atoms with Gasteiger partial charge in [0, 0.05) is 17.5 Å². The van der Waals surface area contributed by atoms with Crippen molar-refractivity contribution < 1.29 is 17.9 Å². The molecular weight excluding hydrogens is 402 g/mol. The first kappa shape index (κ1) is 18.6. The van der Waals surface area contributed by atoms with Crippen LogP contribution < -0.4 is 14.2 Å². The van der Waals surface area contributed by atoms with Gasteiger partial charge in [0.2, 0.25) is 0 Å². The van der Waals surface area contributed by atoms with Gasteiger partial charge in [-0.05, 0) is 36.2 Å². The van der Waals surface area contributed by atoms with Crippen LogP contribution in [0.4, 0.5) is 5.69 Å². The monoisotopic (exact) mass is 419 g/mol. The lowest BCUT2D eigenvalue weighted by Crippen LogP contribution is -2.17. The van der Waals surface area contributed by atoms with E-state index in [0.717, 1.165) is 5.56 Å². The van der Waals surface area contributed by atoms with Gasteiger partial charge in [-0.2, -0.15) is 8.42 Å². The van der Waals surface area contributed by atoms with Crippen molar-refractivity contribution >= 4 is 27.3 Å². The van der Waals surface area contributed by atoms with Gasteiger partial charge in [-0.25, -0.2) is 4.98 Å². The lowest BCUT2D eigenvalue weighted by molar-refractivity contribution is 0.354. The van der Waals surface area contributed by atoms with Crippen LogP contribution in [0.3, 0.4) is 0 Å². The Bertz CT molecular complexity index is 1190. The fourth-order valence-corrected chi connectivity index (χ4v) is 4.72. The second-order valence-corrected chi connectivity index (χ2v) is 8.42. The van der Waals surface area contributed by atoms with Crippen molar-refractivity contribution in [2.24, 2.45) is 0 Å². The summed E-state index contributed by atoms with van der Waals surface area (Å²) in [5.74, 6) is 1.74. The van der Waals surface area contributed by atoms with Gasteiger partial charge in [0.05, 0.1) is 31.8 Å². The van der Waals surface area contributed by atoms with Gasteiger partial charge in [0.15, 0.2) is 16.5 Å². The minimum atomic E-state index is -3.89. The number of hydrogen-bond donors (Lipinski definition) is 1. The molecule has 28 heavy (non-hydrogen) atoms. The lowest BCUT2D eigenvalue weighted by Gasteiger charge is -2.14. The zero-order chi connectivity index (χ0) is 20.1. The highest BCUT2D eigenvalue weighted by atomic mass is 35.5. The molecule has 0 fully saturated rings. The van der Waals surface area contributed by atoms with E-state index in [4.69, 9.17) is 21.1 Å². The van der Waals surface area contributed by atoms with Crippen LogP contribution in [0.2, 0.25) is 5.02 Å². The summed E-state index contributed by atoms with van der Waals surface area (Å²) in [6.45, 7) is 1.76. The molecule has 146 valence electrons. The second kappa shape index (κ2) is 6.72. The molecule has 0 spiro atoms. The van der Waals surface area contributed by atoms with Crippen LogP contribution in [0.15, 0.2) is 41.6 Å². The number of sulfonamides is 1. The van der Waals surface area contributed by atoms with Crippen LogP contribution >= 0.6 is 11.6 Å². The summed E-state index contributed by atoms with van der Waals surface area (Å²) in [6.07, 6.45) is 1.86. The van der Waals surface area contributed by atoms with Gasteiger partial charge >= 0.3 is 0 Å². The largest absolute Gasteiger partial charge is 0.493 e. The quantitative estimate of drug-likeness (QED) is 0.534. The van der Waals surface area contributed by atoms with Crippen LogP contribution in [0.1, 0.15) is 17.0 Å². The predicted octanol–water partition coefficient (Wildman–Crippen LogP) is 3.56. The number of aromatic nitrogens is 2. The number of benzene rings is 2. The molecule has 1 aliphatic heterocycles. The van der Waals surface area contributed by atoms with Crippen molar-refractivity contribution in [3.8, 4) is 17.2 Å². The summed E-state index contributed by atoms with van der Waals surface area (Å²) in [4.78, 5) is 4.31. The van der Waals surface area contributed by atoms with E-state index in [0.29, 0.717) is 45.7 Å². The summed E-state index contributed by atoms with van der Waals surface area (Å²) in [7, 11) is -0.795. The minimum absolute atomic E-state index is 0.0489. The van der Waals surface area contributed by atoms with Crippen LogP contribution in [0, 0.1) is 6.92 Å². The Hall–Kier alpha value is -2.71. The molecule has 3 aromatic rings. The standard InChI is InChI=1S/C19H18ClN3O4S/c1-11-13(20)5-4-6-14(11)22-28(24,25)19-10-21-18-8-12-7-16(26-2)17(27-3)9-15(12)23(18)19/h4-7,9-10,22H,8H2,1-3H3. The molecule has 0 amide bonds. The predicted molar refractivity (Wildman–Crippen MR) is 106 cm³/mol. The molecule has 1 N–H and O–H groups in total. The van der Waals surface area contributed by atoms with Gasteiger partial charge in [-0.15, -0.1) is 0 Å². The smallest absolute Gasteiger partial charge is 0.279 e. The minimum Gasteiger partial charge on any atom is -0.493 e. The Morgan fingerprint density at radius 2 is 1.89 bits per heavy atom. The molecule has 9 heteroatoms. The van der Waals surface area contributed by atoms with Gasteiger partial charge in [-0.1, -0.05) is 17.7 Å². The Labute approximate surface area is 167 Å². The average Bonchev–Trinajstić information content (AvgIpc) is 3.23. The molecule has 0 radical (unpaired) electrons. The van der Waals surface area contributed by atoms with Gasteiger partial charge in [0.25, 0.3) is 10.0 Å². The third-order valence-electron chi connectivity index (χ3n) is 4.76. The lowest BCUT2D eigenvalue weighted by atomic mass is 10.1. The molecule has 2 aromatic carbocycles. The molecule has 4 rings (SSSR count). The number of rotatable bonds is 5. The zero-order valence-corrected chi connectivity index (χ0v) is 17.1. The number of nitrogens with zero attached hydrogens (tertiary/aromatic N) is 2. The summed E-state index contributed by atoms with van der Waals surface area (Å²) in [5.41, 5.74) is 2.69. The number of halogens is 1. The van der Waals surface area contributed by atoms with E-state index in [1.54, 1.807) is 42.9 Å². The van der Waals surface area contributed by atoms with Crippen molar-refractivity contribution in [1.82, 2.24) is 9.55 Å². The van der Waals surface area contributed by atoms with Gasteiger partial charge in [-0.3, -0.25) is 9.29 Å². The Kier molecular flexibility index (Phi) is 4.47. The molecule has 0 unspecified atom stereocenters. The van der Waals surface area contributed by atoms with Gasteiger partial charge < -0.3 is 9.47 Å². The van der Waals surface area contributed by atoms with Crippen LogP contribution in [-0.4, -0.2) is 32.2 Å². The first-order chi connectivity index (χ1) is 13.4. The number of imidazole rings is 1. The van der Waals surface area contributed by atoms with E-state index in [9.17, 15) is 8.42 Å². The van der Waals surface area contributed by atoms with Crippen LogP contribution in [0.25, 0.3) is 5.69 Å². The van der Waals surface area contributed by atoms with E-state index in [-0.39, 0.29) is 5.03 Å². The molecule has 7 nitrogen and oxygen atoms in total. The number of hydrogen-bond acceptors (Lipinski definition) is 5.